The Morgan fingerprint density at radius 1 is 1.11 bits per heavy atom. The summed E-state index contributed by atoms with van der Waals surface area (Å²) in [5.74, 6) is 0.200. The van der Waals surface area contributed by atoms with E-state index in [2.05, 4.69) is 32.5 Å². The first-order chi connectivity index (χ1) is 13.5. The number of hydrogen-bond acceptors (Lipinski definition) is 5. The van der Waals surface area contributed by atoms with Crippen molar-refractivity contribution in [3.8, 4) is 0 Å². The minimum absolute atomic E-state index is 0.0991. The highest BCUT2D eigenvalue weighted by Crippen LogP contribution is 2.25. The van der Waals surface area contributed by atoms with Crippen molar-refractivity contribution in [1.82, 2.24) is 10.0 Å². The molecule has 1 amide bonds. The summed E-state index contributed by atoms with van der Waals surface area (Å²) in [7, 11) is -3.54. The monoisotopic (exact) mass is 413 g/mol. The number of sulfonamides is 1. The largest absolute Gasteiger partial charge is 0.356 e. The van der Waals surface area contributed by atoms with Gasteiger partial charge in [0.15, 0.2) is 0 Å². The summed E-state index contributed by atoms with van der Waals surface area (Å²) >= 11 is 1.71. The minimum atomic E-state index is -3.54. The third-order valence-corrected chi connectivity index (χ3v) is 6.96. The van der Waals surface area contributed by atoms with Crippen LogP contribution >= 0.6 is 11.3 Å². The Kier molecular flexibility index (Phi) is 5.15. The van der Waals surface area contributed by atoms with Gasteiger partial charge < -0.3 is 5.32 Å². The number of amidine groups is 1. The lowest BCUT2D eigenvalue weighted by molar-refractivity contribution is -0.120. The predicted octanol–water partition coefficient (Wildman–Crippen LogP) is 2.69. The lowest BCUT2D eigenvalue weighted by atomic mass is 10.1. The molecule has 1 aromatic heterocycles. The molecule has 0 spiro atoms. The Labute approximate surface area is 167 Å². The molecule has 6 nitrogen and oxygen atoms in total. The van der Waals surface area contributed by atoms with Gasteiger partial charge in [0.1, 0.15) is 5.84 Å². The maximum Gasteiger partial charge on any atom is 0.263 e. The Bertz CT molecular complexity index is 1170. The molecule has 2 N–H and O–H groups in total. The number of fused-ring (bicyclic) bond motifs is 2. The lowest BCUT2D eigenvalue weighted by Gasteiger charge is -2.04. The van der Waals surface area contributed by atoms with Gasteiger partial charge >= 0.3 is 0 Å². The van der Waals surface area contributed by atoms with E-state index < -0.39 is 10.0 Å². The van der Waals surface area contributed by atoms with Crippen molar-refractivity contribution in [3.63, 3.8) is 0 Å². The Hall–Kier alpha value is -2.71. The first-order valence-corrected chi connectivity index (χ1v) is 11.3. The third kappa shape index (κ3) is 3.79. The van der Waals surface area contributed by atoms with Gasteiger partial charge in [-0.05, 0) is 40.9 Å². The van der Waals surface area contributed by atoms with E-state index in [1.54, 1.807) is 35.6 Å². The molecule has 8 heteroatoms. The molecule has 4 rings (SSSR count). The number of rotatable bonds is 6. The third-order valence-electron chi connectivity index (χ3n) is 4.55. The van der Waals surface area contributed by atoms with Crippen molar-refractivity contribution < 1.29 is 13.2 Å². The molecule has 0 radical (unpaired) electrons. The molecule has 0 bridgehead atoms. The molecule has 0 saturated carbocycles. The van der Waals surface area contributed by atoms with Gasteiger partial charge in [-0.25, -0.2) is 8.42 Å². The zero-order valence-electron chi connectivity index (χ0n) is 15.0. The molecule has 144 valence electrons. The van der Waals surface area contributed by atoms with Gasteiger partial charge in [0.05, 0.1) is 11.4 Å². The van der Waals surface area contributed by atoms with Crippen LogP contribution in [0, 0.1) is 0 Å². The van der Waals surface area contributed by atoms with Crippen LogP contribution in [0.4, 0.5) is 0 Å². The molecule has 28 heavy (non-hydrogen) atoms. The minimum Gasteiger partial charge on any atom is -0.356 e. The molecule has 0 fully saturated rings. The Morgan fingerprint density at radius 3 is 2.79 bits per heavy atom. The van der Waals surface area contributed by atoms with Crippen LogP contribution in [0.1, 0.15) is 17.5 Å². The molecule has 0 unspecified atom stereocenters. The standard InChI is InChI=1S/C20H19N3O3S2/c24-19(21-11-9-14-13-27-17-7-3-1-5-15(14)17)10-12-22-20-16-6-2-4-8-18(16)28(25,26)23-20/h1-8,13H,9-12H2,(H,21,24)(H,22,23). The zero-order valence-corrected chi connectivity index (χ0v) is 16.6. The maximum absolute atomic E-state index is 12.1. The predicted molar refractivity (Wildman–Crippen MR) is 111 cm³/mol. The first-order valence-electron chi connectivity index (χ1n) is 8.93. The summed E-state index contributed by atoms with van der Waals surface area (Å²) in [5.41, 5.74) is 1.78. The maximum atomic E-state index is 12.1. The average Bonchev–Trinajstić information content (AvgIpc) is 3.21. The second kappa shape index (κ2) is 7.73. The van der Waals surface area contributed by atoms with Crippen molar-refractivity contribution >= 4 is 43.2 Å². The summed E-state index contributed by atoms with van der Waals surface area (Å²) in [6.07, 6.45) is 0.981. The van der Waals surface area contributed by atoms with Crippen molar-refractivity contribution in [3.05, 3.63) is 65.0 Å². The van der Waals surface area contributed by atoms with E-state index in [1.165, 1.54) is 15.6 Å². The quantitative estimate of drug-likeness (QED) is 0.651. The molecule has 2 aromatic carbocycles. The van der Waals surface area contributed by atoms with Crippen molar-refractivity contribution in [2.24, 2.45) is 4.99 Å². The molecule has 1 aliphatic rings. The molecule has 3 aromatic rings. The molecular weight excluding hydrogens is 394 g/mol. The smallest absolute Gasteiger partial charge is 0.263 e. The van der Waals surface area contributed by atoms with E-state index in [0.29, 0.717) is 17.9 Å². The summed E-state index contributed by atoms with van der Waals surface area (Å²) in [5, 5.41) is 6.27. The van der Waals surface area contributed by atoms with Gasteiger partial charge in [-0.15, -0.1) is 11.3 Å². The molecule has 0 saturated heterocycles. The van der Waals surface area contributed by atoms with Crippen LogP contribution in [0.15, 0.2) is 63.8 Å². The fourth-order valence-corrected chi connectivity index (χ4v) is 5.42. The molecule has 0 atom stereocenters. The number of carbonyl (C=O) groups is 1. The summed E-state index contributed by atoms with van der Waals surface area (Å²) in [6.45, 7) is 0.783. The van der Waals surface area contributed by atoms with Crippen LogP contribution in [0.5, 0.6) is 0 Å². The second-order valence-corrected chi connectivity index (χ2v) is 9.00. The van der Waals surface area contributed by atoms with Gasteiger partial charge in [0.2, 0.25) is 5.91 Å². The second-order valence-electron chi connectivity index (χ2n) is 6.44. The Morgan fingerprint density at radius 2 is 1.89 bits per heavy atom. The summed E-state index contributed by atoms with van der Waals surface area (Å²) < 4.78 is 27.8. The van der Waals surface area contributed by atoms with Crippen molar-refractivity contribution in [2.45, 2.75) is 17.7 Å². The van der Waals surface area contributed by atoms with Crippen LogP contribution in [-0.4, -0.2) is 33.3 Å². The Balaban J connectivity index is 1.29. The van der Waals surface area contributed by atoms with Crippen LogP contribution in [-0.2, 0) is 21.2 Å². The SMILES string of the molecule is O=C(CCN=C1NS(=O)(=O)c2ccccc21)NCCc1csc2ccccc12. The van der Waals surface area contributed by atoms with E-state index in [1.807, 2.05) is 12.1 Å². The fourth-order valence-electron chi connectivity index (χ4n) is 3.17. The number of hydrogen-bond donors (Lipinski definition) is 2. The molecule has 1 aliphatic heterocycles. The summed E-state index contributed by atoms with van der Waals surface area (Å²) in [6, 6.07) is 14.9. The normalized spacial score (nSPS) is 16.1. The van der Waals surface area contributed by atoms with E-state index >= 15 is 0 Å². The van der Waals surface area contributed by atoms with Gasteiger partial charge in [0.25, 0.3) is 10.0 Å². The average molecular weight is 414 g/mol. The van der Waals surface area contributed by atoms with Crippen molar-refractivity contribution in [1.29, 1.82) is 0 Å². The van der Waals surface area contributed by atoms with E-state index in [9.17, 15) is 13.2 Å². The molecular formula is C20H19N3O3S2. The number of nitrogens with one attached hydrogen (secondary N) is 2. The van der Waals surface area contributed by atoms with Gasteiger partial charge in [0, 0.05) is 23.2 Å². The number of benzene rings is 2. The summed E-state index contributed by atoms with van der Waals surface area (Å²) in [4.78, 5) is 16.6. The molecule has 0 aliphatic carbocycles. The number of nitrogens with zero attached hydrogens (tertiary/aromatic N) is 1. The van der Waals surface area contributed by atoms with Crippen molar-refractivity contribution in [2.75, 3.05) is 13.1 Å². The topological polar surface area (TPSA) is 87.6 Å². The number of aliphatic imine (C=N–C) groups is 1. The number of thiophene rings is 1. The highest BCUT2D eigenvalue weighted by molar-refractivity contribution is 7.90. The van der Waals surface area contributed by atoms with Crippen LogP contribution < -0.4 is 10.0 Å². The van der Waals surface area contributed by atoms with E-state index in [4.69, 9.17) is 0 Å². The zero-order chi connectivity index (χ0) is 19.6. The highest BCUT2D eigenvalue weighted by atomic mass is 32.2. The number of amides is 1. The molecule has 2 heterocycles. The van der Waals surface area contributed by atoms with E-state index in [0.717, 1.165) is 6.42 Å². The fraction of sp³-hybridized carbons (Fsp3) is 0.200. The first kappa shape index (κ1) is 18.6. The van der Waals surface area contributed by atoms with Crippen LogP contribution in [0.25, 0.3) is 10.1 Å². The van der Waals surface area contributed by atoms with Crippen LogP contribution in [0.2, 0.25) is 0 Å². The van der Waals surface area contributed by atoms with E-state index in [-0.39, 0.29) is 23.8 Å². The van der Waals surface area contributed by atoms with Gasteiger partial charge in [-0.1, -0.05) is 30.3 Å². The van der Waals surface area contributed by atoms with Crippen LogP contribution in [0.3, 0.4) is 0 Å². The number of carbonyl (C=O) groups excluding carboxylic acids is 1. The van der Waals surface area contributed by atoms with Gasteiger partial charge in [-0.2, -0.15) is 0 Å². The van der Waals surface area contributed by atoms with Gasteiger partial charge in [-0.3, -0.25) is 14.5 Å². The lowest BCUT2D eigenvalue weighted by Crippen LogP contribution is -2.27. The highest BCUT2D eigenvalue weighted by Gasteiger charge is 2.29.